The van der Waals surface area contributed by atoms with Gasteiger partial charge in [0.25, 0.3) is 0 Å². The van der Waals surface area contributed by atoms with E-state index in [1.807, 2.05) is 13.8 Å². The number of carbonyl (C=O) groups excluding carboxylic acids is 1. The van der Waals surface area contributed by atoms with E-state index < -0.39 is 0 Å². The number of rotatable bonds is 5. The van der Waals surface area contributed by atoms with Gasteiger partial charge in [-0.1, -0.05) is 30.3 Å². The van der Waals surface area contributed by atoms with E-state index in [1.54, 1.807) is 24.3 Å². The molecule has 0 unspecified atom stereocenters. The third-order valence-electron chi connectivity index (χ3n) is 2.61. The van der Waals surface area contributed by atoms with Crippen LogP contribution in [0.2, 0.25) is 5.02 Å². The molecular weight excluding hydrogens is 296 g/mol. The van der Waals surface area contributed by atoms with Gasteiger partial charge >= 0.3 is 0 Å². The lowest BCUT2D eigenvalue weighted by molar-refractivity contribution is -0.115. The molecule has 1 atom stereocenters. The molecule has 0 spiro atoms. The van der Waals surface area contributed by atoms with E-state index in [1.165, 1.54) is 11.8 Å². The second-order valence-electron chi connectivity index (χ2n) is 4.17. The molecule has 0 aliphatic carbocycles. The molecule has 5 nitrogen and oxygen atoms in total. The molecular formula is C13H15ClN4OS. The highest BCUT2D eigenvalue weighted by Crippen LogP contribution is 2.21. The summed E-state index contributed by atoms with van der Waals surface area (Å²) in [5, 5.41) is 10.6. The summed E-state index contributed by atoms with van der Waals surface area (Å²) in [5.41, 5.74) is 0.719. The first kappa shape index (κ1) is 14.9. The van der Waals surface area contributed by atoms with Crippen LogP contribution in [0.3, 0.4) is 0 Å². The Balaban J connectivity index is 1.93. The average molecular weight is 311 g/mol. The average Bonchev–Trinajstić information content (AvgIpc) is 2.89. The van der Waals surface area contributed by atoms with E-state index in [0.29, 0.717) is 10.2 Å². The molecule has 2 rings (SSSR count). The van der Waals surface area contributed by atoms with Gasteiger partial charge in [-0.25, -0.2) is 4.98 Å². The molecule has 1 amide bonds. The van der Waals surface area contributed by atoms with Crippen molar-refractivity contribution >= 4 is 35.0 Å². The van der Waals surface area contributed by atoms with Gasteiger partial charge in [0.1, 0.15) is 5.82 Å². The number of aromatic nitrogens is 3. The monoisotopic (exact) mass is 310 g/mol. The van der Waals surface area contributed by atoms with Crippen molar-refractivity contribution in [1.82, 2.24) is 15.2 Å². The molecule has 0 saturated carbocycles. The molecule has 1 aromatic heterocycles. The highest BCUT2D eigenvalue weighted by Gasteiger charge is 2.17. The third-order valence-corrected chi connectivity index (χ3v) is 3.82. The molecule has 0 radical (unpaired) electrons. The third kappa shape index (κ3) is 3.98. The summed E-state index contributed by atoms with van der Waals surface area (Å²) < 4.78 is 0. The predicted molar refractivity (Wildman–Crippen MR) is 81.2 cm³/mol. The van der Waals surface area contributed by atoms with Crippen molar-refractivity contribution in [2.24, 2.45) is 0 Å². The number of benzene rings is 1. The Morgan fingerprint density at radius 1 is 1.45 bits per heavy atom. The maximum atomic E-state index is 12.0. The lowest BCUT2D eigenvalue weighted by Gasteiger charge is -2.10. The van der Waals surface area contributed by atoms with Crippen LogP contribution in [-0.2, 0) is 11.2 Å². The fourth-order valence-electron chi connectivity index (χ4n) is 1.48. The summed E-state index contributed by atoms with van der Waals surface area (Å²) in [5.74, 6) is 0.720. The molecule has 0 aliphatic rings. The summed E-state index contributed by atoms with van der Waals surface area (Å²) in [6.07, 6.45) is 0.791. The van der Waals surface area contributed by atoms with E-state index in [0.717, 1.165) is 17.9 Å². The van der Waals surface area contributed by atoms with E-state index in [4.69, 9.17) is 11.6 Å². The number of aromatic amines is 1. The van der Waals surface area contributed by atoms with Crippen LogP contribution in [0, 0.1) is 0 Å². The number of anilines is 1. The minimum absolute atomic E-state index is 0.0971. The van der Waals surface area contributed by atoms with Gasteiger partial charge in [0.15, 0.2) is 0 Å². The highest BCUT2D eigenvalue weighted by molar-refractivity contribution is 8.00. The second-order valence-corrected chi connectivity index (χ2v) is 5.92. The van der Waals surface area contributed by atoms with Gasteiger partial charge in [-0.3, -0.25) is 9.89 Å². The van der Waals surface area contributed by atoms with Gasteiger partial charge in [0, 0.05) is 17.1 Å². The molecule has 2 aromatic rings. The van der Waals surface area contributed by atoms with Gasteiger partial charge in [-0.05, 0) is 31.2 Å². The van der Waals surface area contributed by atoms with Crippen LogP contribution < -0.4 is 5.32 Å². The van der Waals surface area contributed by atoms with Crippen LogP contribution >= 0.6 is 23.4 Å². The zero-order valence-corrected chi connectivity index (χ0v) is 12.8. The first-order valence-electron chi connectivity index (χ1n) is 6.23. The molecule has 0 bridgehead atoms. The Bertz CT molecular complexity index is 584. The maximum absolute atomic E-state index is 12.0. The molecule has 2 N–H and O–H groups in total. The lowest BCUT2D eigenvalue weighted by atomic mass is 10.3. The van der Waals surface area contributed by atoms with Crippen molar-refractivity contribution < 1.29 is 4.79 Å². The largest absolute Gasteiger partial charge is 0.325 e. The summed E-state index contributed by atoms with van der Waals surface area (Å²) in [7, 11) is 0. The standard InChI is InChI=1S/C13H15ClN4OS/c1-3-11-16-13(18-17-11)20-8(2)12(19)15-10-6-4-9(14)5-7-10/h4-8H,3H2,1-2H3,(H,15,19)(H,16,17,18)/t8-/m0/s1. The minimum Gasteiger partial charge on any atom is -0.325 e. The number of thioether (sulfide) groups is 1. The van der Waals surface area contributed by atoms with Gasteiger partial charge < -0.3 is 5.32 Å². The SMILES string of the molecule is CCc1nc(S[C@@H](C)C(=O)Nc2ccc(Cl)cc2)n[nH]1. The number of H-pyrrole nitrogens is 1. The van der Waals surface area contributed by atoms with E-state index >= 15 is 0 Å². The number of carbonyl (C=O) groups is 1. The van der Waals surface area contributed by atoms with Crippen LogP contribution in [0.15, 0.2) is 29.4 Å². The van der Waals surface area contributed by atoms with Crippen molar-refractivity contribution in [3.8, 4) is 0 Å². The van der Waals surface area contributed by atoms with E-state index in [2.05, 4.69) is 20.5 Å². The molecule has 1 heterocycles. The quantitative estimate of drug-likeness (QED) is 0.832. The number of halogens is 1. The van der Waals surface area contributed by atoms with Gasteiger partial charge in [0.05, 0.1) is 5.25 Å². The van der Waals surface area contributed by atoms with E-state index in [-0.39, 0.29) is 11.2 Å². The highest BCUT2D eigenvalue weighted by atomic mass is 35.5. The number of aryl methyl sites for hydroxylation is 1. The van der Waals surface area contributed by atoms with Gasteiger partial charge in [-0.15, -0.1) is 5.10 Å². The molecule has 0 saturated heterocycles. The first-order chi connectivity index (χ1) is 9.58. The fourth-order valence-corrected chi connectivity index (χ4v) is 2.35. The second kappa shape index (κ2) is 6.76. The van der Waals surface area contributed by atoms with Crippen molar-refractivity contribution in [3.05, 3.63) is 35.1 Å². The summed E-state index contributed by atoms with van der Waals surface area (Å²) >= 11 is 7.12. The van der Waals surface area contributed by atoms with Crippen LogP contribution in [0.4, 0.5) is 5.69 Å². The molecule has 7 heteroatoms. The number of nitrogens with one attached hydrogen (secondary N) is 2. The molecule has 20 heavy (non-hydrogen) atoms. The van der Waals surface area contributed by atoms with Crippen LogP contribution in [-0.4, -0.2) is 26.3 Å². The Morgan fingerprint density at radius 2 is 2.15 bits per heavy atom. The van der Waals surface area contributed by atoms with E-state index in [9.17, 15) is 4.79 Å². The van der Waals surface area contributed by atoms with Crippen LogP contribution in [0.5, 0.6) is 0 Å². The number of amides is 1. The number of hydrogen-bond acceptors (Lipinski definition) is 4. The van der Waals surface area contributed by atoms with Crippen molar-refractivity contribution in [3.63, 3.8) is 0 Å². The zero-order valence-electron chi connectivity index (χ0n) is 11.2. The van der Waals surface area contributed by atoms with Crippen LogP contribution in [0.1, 0.15) is 19.7 Å². The Hall–Kier alpha value is -1.53. The minimum atomic E-state index is -0.286. The Labute approximate surface area is 126 Å². The van der Waals surface area contributed by atoms with Gasteiger partial charge in [0.2, 0.25) is 11.1 Å². The Kier molecular flexibility index (Phi) is 5.03. The summed E-state index contributed by atoms with van der Waals surface area (Å²) in [6, 6.07) is 6.99. The molecule has 0 aliphatic heterocycles. The smallest absolute Gasteiger partial charge is 0.237 e. The normalized spacial score (nSPS) is 12.2. The molecule has 1 aromatic carbocycles. The topological polar surface area (TPSA) is 70.7 Å². The fraction of sp³-hybridized carbons (Fsp3) is 0.308. The molecule has 106 valence electrons. The number of hydrogen-bond donors (Lipinski definition) is 2. The zero-order chi connectivity index (χ0) is 14.5. The summed E-state index contributed by atoms with van der Waals surface area (Å²) in [6.45, 7) is 3.81. The number of nitrogens with zero attached hydrogens (tertiary/aromatic N) is 2. The van der Waals surface area contributed by atoms with Gasteiger partial charge in [-0.2, -0.15) is 0 Å². The predicted octanol–water partition coefficient (Wildman–Crippen LogP) is 3.14. The van der Waals surface area contributed by atoms with Crippen LogP contribution in [0.25, 0.3) is 0 Å². The Morgan fingerprint density at radius 3 is 2.75 bits per heavy atom. The van der Waals surface area contributed by atoms with Crippen molar-refractivity contribution in [2.75, 3.05) is 5.32 Å². The first-order valence-corrected chi connectivity index (χ1v) is 7.48. The van der Waals surface area contributed by atoms with Crippen molar-refractivity contribution in [2.45, 2.75) is 30.7 Å². The molecule has 0 fully saturated rings. The lowest BCUT2D eigenvalue weighted by Crippen LogP contribution is -2.22. The van der Waals surface area contributed by atoms with Crippen molar-refractivity contribution in [1.29, 1.82) is 0 Å². The maximum Gasteiger partial charge on any atom is 0.237 e. The summed E-state index contributed by atoms with van der Waals surface area (Å²) in [4.78, 5) is 16.3.